The monoisotopic (exact) mass is 336 g/mol. The third kappa shape index (κ3) is 6.49. The number of amides is 1. The molecule has 0 aliphatic carbocycles. The molecule has 0 bridgehead atoms. The summed E-state index contributed by atoms with van der Waals surface area (Å²) in [5, 5.41) is 23.6. The second kappa shape index (κ2) is 9.04. The molecule has 0 spiro atoms. The van der Waals surface area contributed by atoms with Crippen LogP contribution in [0, 0.1) is 5.92 Å². The molecule has 0 aliphatic heterocycles. The third-order valence-electron chi connectivity index (χ3n) is 3.90. The van der Waals surface area contributed by atoms with Gasteiger partial charge >= 0.3 is 6.09 Å². The molecule has 1 aromatic rings. The third-order valence-corrected chi connectivity index (χ3v) is 3.90. The largest absolute Gasteiger partial charge is 0.465 e. The van der Waals surface area contributed by atoms with Gasteiger partial charge in [-0.25, -0.2) is 4.79 Å². The molecule has 0 aliphatic rings. The van der Waals surface area contributed by atoms with Crippen molar-refractivity contribution in [3.05, 3.63) is 35.9 Å². The molecule has 3 N–H and O–H groups in total. The molecule has 0 radical (unpaired) electrons. The summed E-state index contributed by atoms with van der Waals surface area (Å²) < 4.78 is 0. The Balaban J connectivity index is 2.98. The van der Waals surface area contributed by atoms with Crippen molar-refractivity contribution in [2.45, 2.75) is 58.7 Å². The van der Waals surface area contributed by atoms with E-state index in [1.165, 1.54) is 4.90 Å². The van der Waals surface area contributed by atoms with Crippen LogP contribution in [0.3, 0.4) is 0 Å². The van der Waals surface area contributed by atoms with Crippen LogP contribution >= 0.6 is 0 Å². The van der Waals surface area contributed by atoms with E-state index < -0.39 is 23.8 Å². The van der Waals surface area contributed by atoms with E-state index in [2.05, 4.69) is 19.2 Å². The highest BCUT2D eigenvalue weighted by Gasteiger charge is 2.37. The fourth-order valence-electron chi connectivity index (χ4n) is 2.84. The Hall–Kier alpha value is -1.59. The van der Waals surface area contributed by atoms with Crippen LogP contribution in [0.25, 0.3) is 0 Å². The van der Waals surface area contributed by atoms with E-state index in [0.29, 0.717) is 18.9 Å². The van der Waals surface area contributed by atoms with Crippen LogP contribution in [-0.2, 0) is 6.42 Å². The van der Waals surface area contributed by atoms with Crippen LogP contribution in [0.1, 0.15) is 40.2 Å². The van der Waals surface area contributed by atoms with E-state index in [-0.39, 0.29) is 0 Å². The van der Waals surface area contributed by atoms with Crippen molar-refractivity contribution in [2.75, 3.05) is 13.1 Å². The van der Waals surface area contributed by atoms with Crippen molar-refractivity contribution in [1.29, 1.82) is 0 Å². The Bertz CT molecular complexity index is 497. The number of hydrogen-bond acceptors (Lipinski definition) is 3. The Labute approximate surface area is 145 Å². The molecular weight excluding hydrogens is 304 g/mol. The second-order valence-electron chi connectivity index (χ2n) is 7.70. The summed E-state index contributed by atoms with van der Waals surface area (Å²) in [7, 11) is 0. The smallest absolute Gasteiger partial charge is 0.408 e. The van der Waals surface area contributed by atoms with Gasteiger partial charge in [-0.15, -0.1) is 0 Å². The fraction of sp³-hybridized carbons (Fsp3) is 0.632. The number of aliphatic hydroxyl groups is 1. The van der Waals surface area contributed by atoms with Crippen LogP contribution in [0.4, 0.5) is 4.79 Å². The van der Waals surface area contributed by atoms with Crippen molar-refractivity contribution in [1.82, 2.24) is 10.2 Å². The zero-order valence-electron chi connectivity index (χ0n) is 15.5. The van der Waals surface area contributed by atoms with E-state index in [0.717, 1.165) is 12.1 Å². The van der Waals surface area contributed by atoms with Gasteiger partial charge in [0, 0.05) is 12.1 Å². The Morgan fingerprint density at radius 1 is 1.17 bits per heavy atom. The zero-order valence-corrected chi connectivity index (χ0v) is 15.5. The number of carboxylic acid groups (broad SMARTS) is 1. The molecule has 1 aromatic carbocycles. The van der Waals surface area contributed by atoms with Crippen LogP contribution in [0.15, 0.2) is 30.3 Å². The van der Waals surface area contributed by atoms with Crippen molar-refractivity contribution < 1.29 is 15.0 Å². The zero-order chi connectivity index (χ0) is 18.3. The highest BCUT2D eigenvalue weighted by Crippen LogP contribution is 2.22. The first-order valence-corrected chi connectivity index (χ1v) is 8.58. The summed E-state index contributed by atoms with van der Waals surface area (Å²) in [6.07, 6.45) is -1.31. The van der Waals surface area contributed by atoms with Crippen LogP contribution in [-0.4, -0.2) is 52.0 Å². The summed E-state index contributed by atoms with van der Waals surface area (Å²) in [5.74, 6) is 0.475. The number of aliphatic hydroxyl groups excluding tert-OH is 1. The van der Waals surface area contributed by atoms with Crippen molar-refractivity contribution in [3.8, 4) is 0 Å². The lowest BCUT2D eigenvalue weighted by atomic mass is 9.94. The molecule has 5 heteroatoms. The first-order chi connectivity index (χ1) is 11.1. The van der Waals surface area contributed by atoms with Crippen molar-refractivity contribution in [3.63, 3.8) is 0 Å². The highest BCUT2D eigenvalue weighted by molar-refractivity contribution is 5.66. The molecule has 136 valence electrons. The normalized spacial score (nSPS) is 14.5. The van der Waals surface area contributed by atoms with Gasteiger partial charge in [-0.2, -0.15) is 0 Å². The predicted octanol–water partition coefficient (Wildman–Crippen LogP) is 2.98. The Kier molecular flexibility index (Phi) is 7.70. The summed E-state index contributed by atoms with van der Waals surface area (Å²) >= 11 is 0. The van der Waals surface area contributed by atoms with Gasteiger partial charge in [0.1, 0.15) is 0 Å². The van der Waals surface area contributed by atoms with Crippen LogP contribution in [0.2, 0.25) is 0 Å². The minimum atomic E-state index is -1.01. The average molecular weight is 336 g/mol. The van der Waals surface area contributed by atoms with Gasteiger partial charge in [0.2, 0.25) is 0 Å². The van der Waals surface area contributed by atoms with Gasteiger partial charge in [-0.3, -0.25) is 4.90 Å². The molecule has 0 saturated carbocycles. The van der Waals surface area contributed by atoms with Gasteiger partial charge in [-0.1, -0.05) is 44.2 Å². The first kappa shape index (κ1) is 20.5. The predicted molar refractivity (Wildman–Crippen MR) is 97.3 cm³/mol. The quantitative estimate of drug-likeness (QED) is 0.682. The molecule has 0 fully saturated rings. The fourth-order valence-corrected chi connectivity index (χ4v) is 2.84. The second-order valence-corrected chi connectivity index (χ2v) is 7.70. The molecule has 5 nitrogen and oxygen atoms in total. The number of nitrogens with zero attached hydrogens (tertiary/aromatic N) is 1. The summed E-state index contributed by atoms with van der Waals surface area (Å²) in [5.41, 5.74) is 0.422. The molecule has 0 aromatic heterocycles. The van der Waals surface area contributed by atoms with Gasteiger partial charge in [0.25, 0.3) is 0 Å². The van der Waals surface area contributed by atoms with E-state index in [1.54, 1.807) is 0 Å². The lowest BCUT2D eigenvalue weighted by molar-refractivity contribution is 0.00765. The lowest BCUT2D eigenvalue weighted by Gasteiger charge is -2.42. The molecule has 0 unspecified atom stereocenters. The van der Waals surface area contributed by atoms with Gasteiger partial charge in [0.05, 0.1) is 12.1 Å². The highest BCUT2D eigenvalue weighted by atomic mass is 16.4. The molecule has 2 atom stereocenters. The summed E-state index contributed by atoms with van der Waals surface area (Å²) in [4.78, 5) is 13.2. The topological polar surface area (TPSA) is 72.8 Å². The lowest BCUT2D eigenvalue weighted by Crippen LogP contribution is -2.58. The maximum absolute atomic E-state index is 11.9. The minimum Gasteiger partial charge on any atom is -0.465 e. The van der Waals surface area contributed by atoms with Gasteiger partial charge in [-0.05, 0) is 45.2 Å². The van der Waals surface area contributed by atoms with Crippen LogP contribution < -0.4 is 5.32 Å². The Morgan fingerprint density at radius 2 is 1.75 bits per heavy atom. The molecule has 1 amide bonds. The number of hydrogen-bond donors (Lipinski definition) is 3. The Morgan fingerprint density at radius 3 is 2.21 bits per heavy atom. The number of carbonyl (C=O) groups is 1. The van der Waals surface area contributed by atoms with E-state index in [4.69, 9.17) is 0 Å². The molecule has 0 heterocycles. The summed E-state index contributed by atoms with van der Waals surface area (Å²) in [6, 6.07) is 9.20. The van der Waals surface area contributed by atoms with Crippen molar-refractivity contribution in [2.24, 2.45) is 5.92 Å². The minimum absolute atomic E-state index is 0.371. The standard InChI is InChI=1S/C19H32N2O3/c1-14(2)12-20-13-17(22)16(11-15-9-7-6-8-10-15)21(18(23)24)19(3,4)5/h6-10,14,16-17,20,22H,11-13H2,1-5H3,(H,23,24)/t16-,17+/m0/s1. The van der Waals surface area contributed by atoms with Gasteiger partial charge < -0.3 is 15.5 Å². The number of nitrogens with one attached hydrogen (secondary N) is 1. The first-order valence-electron chi connectivity index (χ1n) is 8.58. The molecule has 1 rings (SSSR count). The van der Waals surface area contributed by atoms with Crippen molar-refractivity contribution >= 4 is 6.09 Å². The maximum Gasteiger partial charge on any atom is 0.408 e. The molecular formula is C19H32N2O3. The molecule has 24 heavy (non-hydrogen) atoms. The SMILES string of the molecule is CC(C)CNC[C@@H](O)[C@H](Cc1ccccc1)N(C(=O)O)C(C)(C)C. The summed E-state index contributed by atoms with van der Waals surface area (Å²) in [6.45, 7) is 10.9. The van der Waals surface area contributed by atoms with Gasteiger partial charge in [0.15, 0.2) is 0 Å². The van der Waals surface area contributed by atoms with Crippen LogP contribution in [0.5, 0.6) is 0 Å². The number of rotatable bonds is 8. The molecule has 0 saturated heterocycles. The maximum atomic E-state index is 11.9. The average Bonchev–Trinajstić information content (AvgIpc) is 2.45. The van der Waals surface area contributed by atoms with E-state index in [1.807, 2.05) is 51.1 Å². The van der Waals surface area contributed by atoms with E-state index in [9.17, 15) is 15.0 Å². The number of benzene rings is 1. The van der Waals surface area contributed by atoms with E-state index >= 15 is 0 Å².